The van der Waals surface area contributed by atoms with Gasteiger partial charge < -0.3 is 24.4 Å². The van der Waals surface area contributed by atoms with Gasteiger partial charge in [0.2, 0.25) is 11.8 Å². The van der Waals surface area contributed by atoms with Crippen molar-refractivity contribution in [1.82, 2.24) is 14.7 Å². The fraction of sp³-hybridized carbons (Fsp3) is 0.708. The third-order valence-corrected chi connectivity index (χ3v) is 9.66. The number of nitrogens with zero attached hydrogens (tertiary/aromatic N) is 3. The van der Waals surface area contributed by atoms with Gasteiger partial charge in [0, 0.05) is 37.5 Å². The minimum absolute atomic E-state index is 0.126. The summed E-state index contributed by atoms with van der Waals surface area (Å²) in [4.78, 5) is 46.7. The van der Waals surface area contributed by atoms with E-state index in [0.29, 0.717) is 26.3 Å². The molecule has 0 saturated carbocycles. The molecule has 1 N–H and O–H groups in total. The van der Waals surface area contributed by atoms with Gasteiger partial charge >= 0.3 is 5.97 Å². The third-order valence-electron chi connectivity index (χ3n) is 7.86. The number of rotatable bonds is 5. The van der Waals surface area contributed by atoms with Crippen molar-refractivity contribution in [1.29, 1.82) is 0 Å². The highest BCUT2D eigenvalue weighted by Crippen LogP contribution is 2.65. The zero-order valence-corrected chi connectivity index (χ0v) is 20.5. The molecule has 9 nitrogen and oxygen atoms in total. The number of carbonyl (C=O) groups excluding carboxylic acids is 3. The van der Waals surface area contributed by atoms with Crippen LogP contribution in [0.5, 0.6) is 0 Å². The number of likely N-dealkylation sites (tertiary alicyclic amines) is 1. The smallest absolute Gasteiger partial charge is 0.311 e. The summed E-state index contributed by atoms with van der Waals surface area (Å²) in [6.07, 6.45) is 7.75. The molecule has 6 atom stereocenters. The quantitative estimate of drug-likeness (QED) is 0.421. The summed E-state index contributed by atoms with van der Waals surface area (Å²) in [6.45, 7) is 8.43. The highest BCUT2D eigenvalue weighted by atomic mass is 32.2. The molecule has 2 amide bonds. The molecule has 5 aliphatic heterocycles. The number of hydrogen-bond donors (Lipinski definition) is 1. The van der Waals surface area contributed by atoms with Gasteiger partial charge in [0.1, 0.15) is 12.6 Å². The molecule has 5 rings (SSSR count). The molecule has 1 unspecified atom stereocenters. The van der Waals surface area contributed by atoms with Crippen LogP contribution in [0.4, 0.5) is 0 Å². The van der Waals surface area contributed by atoms with Crippen LogP contribution in [-0.4, -0.2) is 118 Å². The summed E-state index contributed by atoms with van der Waals surface area (Å²) in [5.41, 5.74) is 0. The van der Waals surface area contributed by atoms with Crippen LogP contribution < -0.4 is 0 Å². The summed E-state index contributed by atoms with van der Waals surface area (Å²) < 4.78 is 9.30. The molecule has 34 heavy (non-hydrogen) atoms. The van der Waals surface area contributed by atoms with Gasteiger partial charge in [-0.1, -0.05) is 18.2 Å². The number of aliphatic hydroxyl groups is 1. The molecule has 0 bridgehead atoms. The molecule has 3 saturated heterocycles. The molecule has 0 aromatic carbocycles. The Morgan fingerprint density at radius 2 is 1.88 bits per heavy atom. The SMILES string of the molecule is C[C@H](CO)N1C(=O)[C@@H]2[C@@H]3C(=O)OCC=C[C@]3(C)S[C@@]23C=CCN(CCN2CCOCC2)C(=O)C13. The number of fused-ring (bicyclic) bond motifs is 2. The van der Waals surface area contributed by atoms with E-state index in [1.54, 1.807) is 11.8 Å². The fourth-order valence-corrected chi connectivity index (χ4v) is 8.33. The number of cyclic esters (lactones) is 1. The largest absolute Gasteiger partial charge is 0.461 e. The first kappa shape index (κ1) is 23.8. The van der Waals surface area contributed by atoms with Gasteiger partial charge in [-0.25, -0.2) is 0 Å². The lowest BCUT2D eigenvalue weighted by Crippen LogP contribution is -2.57. The van der Waals surface area contributed by atoms with Crippen LogP contribution in [0.15, 0.2) is 24.3 Å². The standard InChI is InChI=1S/C24H33N3O6S/c1-16(15-28)27-19-21(30)26(9-8-25-10-13-32-14-11-25)7-3-6-24(19)17(20(27)29)18-22(31)33-12-4-5-23(18,2)34-24/h3-6,16-19,28H,7-15H2,1-2H3/t16-,17+,18-,19?,23+,24+/m1/s1. The van der Waals surface area contributed by atoms with Crippen molar-refractivity contribution < 1.29 is 29.0 Å². The van der Waals surface area contributed by atoms with E-state index >= 15 is 0 Å². The monoisotopic (exact) mass is 491 g/mol. The first-order valence-corrected chi connectivity index (χ1v) is 12.9. The Balaban J connectivity index is 1.51. The molecule has 0 aromatic rings. The maximum absolute atomic E-state index is 14.1. The number of amides is 2. The van der Waals surface area contributed by atoms with Gasteiger partial charge in [-0.3, -0.25) is 19.3 Å². The maximum atomic E-state index is 14.1. The van der Waals surface area contributed by atoms with Gasteiger partial charge in [0.25, 0.3) is 0 Å². The Hall–Kier alpha value is -1.88. The Kier molecular flexibility index (Phi) is 6.29. The normalized spacial score (nSPS) is 38.8. The van der Waals surface area contributed by atoms with Gasteiger partial charge in [-0.05, 0) is 19.9 Å². The van der Waals surface area contributed by atoms with Crippen LogP contribution in [0.2, 0.25) is 0 Å². The number of esters is 1. The minimum Gasteiger partial charge on any atom is -0.461 e. The molecule has 5 aliphatic rings. The van der Waals surface area contributed by atoms with E-state index in [4.69, 9.17) is 9.47 Å². The second-order valence-electron chi connectivity index (χ2n) is 9.95. The second kappa shape index (κ2) is 8.96. The summed E-state index contributed by atoms with van der Waals surface area (Å²) in [6, 6.07) is -1.33. The van der Waals surface area contributed by atoms with E-state index in [2.05, 4.69) is 4.90 Å². The summed E-state index contributed by atoms with van der Waals surface area (Å²) in [5.74, 6) is -2.20. The van der Waals surface area contributed by atoms with Crippen LogP contribution in [-0.2, 0) is 23.9 Å². The predicted octanol–water partition coefficient (Wildman–Crippen LogP) is -0.102. The van der Waals surface area contributed by atoms with Crippen LogP contribution in [0.25, 0.3) is 0 Å². The first-order chi connectivity index (χ1) is 16.3. The molecule has 0 aromatic heterocycles. The van der Waals surface area contributed by atoms with Crippen LogP contribution in [0.3, 0.4) is 0 Å². The third kappa shape index (κ3) is 3.61. The molecule has 0 radical (unpaired) electrons. The molecule has 5 heterocycles. The van der Waals surface area contributed by atoms with Gasteiger partial charge in [0.05, 0.1) is 42.4 Å². The second-order valence-corrected chi connectivity index (χ2v) is 11.7. The van der Waals surface area contributed by atoms with Crippen LogP contribution >= 0.6 is 11.8 Å². The molecular formula is C24H33N3O6S. The molecule has 3 fully saturated rings. The van der Waals surface area contributed by atoms with Crippen molar-refractivity contribution >= 4 is 29.5 Å². The van der Waals surface area contributed by atoms with E-state index in [-0.39, 0.29) is 25.0 Å². The van der Waals surface area contributed by atoms with Crippen molar-refractivity contribution in [3.63, 3.8) is 0 Å². The topological polar surface area (TPSA) is 99.6 Å². The molecular weight excluding hydrogens is 458 g/mol. The number of aliphatic hydroxyl groups excluding tert-OH is 1. The number of morpholine rings is 1. The minimum atomic E-state index is -0.897. The van der Waals surface area contributed by atoms with Crippen LogP contribution in [0.1, 0.15) is 13.8 Å². The van der Waals surface area contributed by atoms with Crippen LogP contribution in [0, 0.1) is 11.8 Å². The molecule has 186 valence electrons. The highest BCUT2D eigenvalue weighted by molar-refractivity contribution is 8.02. The van der Waals surface area contributed by atoms with Crippen molar-refractivity contribution in [3.05, 3.63) is 24.3 Å². The van der Waals surface area contributed by atoms with Crippen molar-refractivity contribution in [2.45, 2.75) is 35.4 Å². The van der Waals surface area contributed by atoms with Gasteiger partial charge in [-0.15, -0.1) is 11.8 Å². The Morgan fingerprint density at radius 1 is 1.12 bits per heavy atom. The number of ether oxygens (including phenoxy) is 2. The lowest BCUT2D eigenvalue weighted by atomic mass is 9.75. The highest BCUT2D eigenvalue weighted by Gasteiger charge is 2.74. The zero-order chi connectivity index (χ0) is 24.1. The maximum Gasteiger partial charge on any atom is 0.311 e. The van der Waals surface area contributed by atoms with E-state index in [1.165, 1.54) is 11.8 Å². The average Bonchev–Trinajstić information content (AvgIpc) is 3.10. The number of carbonyl (C=O) groups is 3. The van der Waals surface area contributed by atoms with Crippen molar-refractivity contribution in [3.8, 4) is 0 Å². The fourth-order valence-electron chi connectivity index (χ4n) is 6.19. The number of thioether (sulfide) groups is 1. The molecule has 0 aliphatic carbocycles. The summed E-state index contributed by atoms with van der Waals surface area (Å²) in [5, 5.41) is 9.98. The van der Waals surface area contributed by atoms with E-state index in [9.17, 15) is 19.5 Å². The zero-order valence-electron chi connectivity index (χ0n) is 19.7. The van der Waals surface area contributed by atoms with Crippen molar-refractivity contribution in [2.75, 3.05) is 59.2 Å². The van der Waals surface area contributed by atoms with Gasteiger partial charge in [-0.2, -0.15) is 0 Å². The predicted molar refractivity (Wildman–Crippen MR) is 126 cm³/mol. The average molecular weight is 492 g/mol. The Bertz CT molecular complexity index is 920. The lowest BCUT2D eigenvalue weighted by molar-refractivity contribution is -0.153. The van der Waals surface area contributed by atoms with E-state index in [1.807, 2.05) is 36.1 Å². The molecule has 1 spiro atoms. The Morgan fingerprint density at radius 3 is 2.62 bits per heavy atom. The van der Waals surface area contributed by atoms with Gasteiger partial charge in [0.15, 0.2) is 0 Å². The van der Waals surface area contributed by atoms with E-state index in [0.717, 1.165) is 19.6 Å². The lowest BCUT2D eigenvalue weighted by Gasteiger charge is -2.39. The summed E-state index contributed by atoms with van der Waals surface area (Å²) >= 11 is 1.52. The Labute approximate surface area is 204 Å². The first-order valence-electron chi connectivity index (χ1n) is 12.1. The molecule has 10 heteroatoms. The van der Waals surface area contributed by atoms with E-state index < -0.39 is 39.4 Å². The van der Waals surface area contributed by atoms with Crippen molar-refractivity contribution in [2.24, 2.45) is 11.8 Å². The summed E-state index contributed by atoms with van der Waals surface area (Å²) in [7, 11) is 0. The number of hydrogen-bond acceptors (Lipinski definition) is 8.